The third kappa shape index (κ3) is 5.20. The van der Waals surface area contributed by atoms with Crippen molar-refractivity contribution < 1.29 is 9.47 Å². The number of fused-ring (bicyclic) bond motifs is 1. The van der Waals surface area contributed by atoms with Crippen LogP contribution >= 0.6 is 0 Å². The standard InChI is InChI=1S/C28H30N2O2/c1-3-10-23-11-5-8-14-27(23)31-20-9-19-30-26-13-7-6-12-25(26)29-28(30)21-32-24-17-15-22(4-2)16-18-24/h3,5-8,11-18H,1,4,9-10,19-21H2,2H3. The van der Waals surface area contributed by atoms with Crippen LogP contribution in [0.25, 0.3) is 11.0 Å². The van der Waals surface area contributed by atoms with E-state index in [2.05, 4.69) is 48.4 Å². The number of aromatic nitrogens is 2. The van der Waals surface area contributed by atoms with E-state index >= 15 is 0 Å². The molecule has 4 aromatic rings. The molecule has 1 heterocycles. The van der Waals surface area contributed by atoms with Gasteiger partial charge in [0.1, 0.15) is 23.9 Å². The summed E-state index contributed by atoms with van der Waals surface area (Å²) in [5.41, 5.74) is 4.59. The summed E-state index contributed by atoms with van der Waals surface area (Å²) in [5.74, 6) is 2.72. The minimum Gasteiger partial charge on any atom is -0.493 e. The van der Waals surface area contributed by atoms with Crippen LogP contribution in [0, 0.1) is 0 Å². The fourth-order valence-electron chi connectivity index (χ4n) is 3.83. The Kier molecular flexibility index (Phi) is 7.23. The first-order chi connectivity index (χ1) is 15.8. The van der Waals surface area contributed by atoms with Gasteiger partial charge in [-0.25, -0.2) is 4.98 Å². The lowest BCUT2D eigenvalue weighted by molar-refractivity contribution is 0.279. The number of nitrogens with zero attached hydrogens (tertiary/aromatic N) is 2. The summed E-state index contributed by atoms with van der Waals surface area (Å²) in [6.45, 7) is 7.88. The molecule has 4 rings (SSSR count). The Morgan fingerprint density at radius 2 is 1.72 bits per heavy atom. The average molecular weight is 427 g/mol. The first-order valence-electron chi connectivity index (χ1n) is 11.3. The molecule has 3 aromatic carbocycles. The summed E-state index contributed by atoms with van der Waals surface area (Å²) in [6.07, 6.45) is 4.61. The summed E-state index contributed by atoms with van der Waals surface area (Å²) in [6, 6.07) is 24.7. The van der Waals surface area contributed by atoms with Gasteiger partial charge in [0.25, 0.3) is 0 Å². The van der Waals surface area contributed by atoms with Gasteiger partial charge in [-0.2, -0.15) is 0 Å². The van der Waals surface area contributed by atoms with E-state index in [0.717, 1.165) is 54.2 Å². The first kappa shape index (κ1) is 21.7. The van der Waals surface area contributed by atoms with E-state index in [4.69, 9.17) is 14.5 Å². The van der Waals surface area contributed by atoms with Crippen molar-refractivity contribution in [2.45, 2.75) is 39.3 Å². The van der Waals surface area contributed by atoms with Crippen LogP contribution in [0.15, 0.2) is 85.5 Å². The number of hydrogen-bond donors (Lipinski definition) is 0. The minimum atomic E-state index is 0.434. The molecule has 0 N–H and O–H groups in total. The number of ether oxygens (including phenoxy) is 2. The van der Waals surface area contributed by atoms with Crippen molar-refractivity contribution in [3.63, 3.8) is 0 Å². The number of para-hydroxylation sites is 3. The van der Waals surface area contributed by atoms with E-state index in [9.17, 15) is 0 Å². The largest absolute Gasteiger partial charge is 0.493 e. The van der Waals surface area contributed by atoms with Gasteiger partial charge in [-0.15, -0.1) is 6.58 Å². The fourth-order valence-corrected chi connectivity index (χ4v) is 3.83. The Labute approximate surface area is 190 Å². The lowest BCUT2D eigenvalue weighted by Crippen LogP contribution is -2.10. The second-order valence-electron chi connectivity index (χ2n) is 7.76. The monoisotopic (exact) mass is 426 g/mol. The average Bonchev–Trinajstić information content (AvgIpc) is 3.19. The Balaban J connectivity index is 1.42. The molecule has 1 aromatic heterocycles. The van der Waals surface area contributed by atoms with Crippen LogP contribution in [0.3, 0.4) is 0 Å². The molecule has 0 fully saturated rings. The highest BCUT2D eigenvalue weighted by atomic mass is 16.5. The van der Waals surface area contributed by atoms with E-state index in [1.165, 1.54) is 11.1 Å². The molecule has 0 saturated heterocycles. The second-order valence-corrected chi connectivity index (χ2v) is 7.76. The second kappa shape index (κ2) is 10.7. The number of imidazole rings is 1. The van der Waals surface area contributed by atoms with Gasteiger partial charge in [-0.1, -0.05) is 55.5 Å². The van der Waals surface area contributed by atoms with Gasteiger partial charge >= 0.3 is 0 Å². The number of benzene rings is 3. The predicted octanol–water partition coefficient (Wildman–Crippen LogP) is 6.38. The SMILES string of the molecule is C=CCc1ccccc1OCCCn1c(COc2ccc(CC)cc2)nc2ccccc21. The molecule has 0 unspecified atom stereocenters. The zero-order valence-corrected chi connectivity index (χ0v) is 18.7. The van der Waals surface area contributed by atoms with Gasteiger partial charge in [-0.05, 0) is 60.7 Å². The van der Waals surface area contributed by atoms with Crippen molar-refractivity contribution in [1.82, 2.24) is 9.55 Å². The Morgan fingerprint density at radius 1 is 0.938 bits per heavy atom. The highest BCUT2D eigenvalue weighted by Gasteiger charge is 2.11. The van der Waals surface area contributed by atoms with Gasteiger partial charge in [0.2, 0.25) is 0 Å². The van der Waals surface area contributed by atoms with E-state index < -0.39 is 0 Å². The number of rotatable bonds is 11. The molecule has 0 aliphatic heterocycles. The molecule has 4 nitrogen and oxygen atoms in total. The van der Waals surface area contributed by atoms with Crippen molar-refractivity contribution in [2.75, 3.05) is 6.61 Å². The van der Waals surface area contributed by atoms with Crippen LogP contribution in [0.1, 0.15) is 30.3 Å². The van der Waals surface area contributed by atoms with Crippen LogP contribution < -0.4 is 9.47 Å². The normalized spacial score (nSPS) is 10.9. The topological polar surface area (TPSA) is 36.3 Å². The zero-order chi connectivity index (χ0) is 22.2. The molecule has 4 heteroatoms. The summed E-state index contributed by atoms with van der Waals surface area (Å²) < 4.78 is 14.4. The first-order valence-corrected chi connectivity index (χ1v) is 11.3. The van der Waals surface area contributed by atoms with Crippen molar-refractivity contribution in [2.24, 2.45) is 0 Å². The molecule has 0 aliphatic rings. The van der Waals surface area contributed by atoms with E-state index in [1.807, 2.05) is 48.5 Å². The van der Waals surface area contributed by atoms with Gasteiger partial charge < -0.3 is 14.0 Å². The quantitative estimate of drug-likeness (QED) is 0.206. The summed E-state index contributed by atoms with van der Waals surface area (Å²) in [7, 11) is 0. The highest BCUT2D eigenvalue weighted by Crippen LogP contribution is 2.21. The van der Waals surface area contributed by atoms with E-state index in [1.54, 1.807) is 0 Å². The molecule has 0 atom stereocenters. The molecule has 164 valence electrons. The van der Waals surface area contributed by atoms with Gasteiger partial charge in [-0.3, -0.25) is 0 Å². The smallest absolute Gasteiger partial charge is 0.147 e. The Bertz CT molecular complexity index is 1160. The molecule has 0 bridgehead atoms. The lowest BCUT2D eigenvalue weighted by Gasteiger charge is -2.13. The molecule has 0 saturated carbocycles. The van der Waals surface area contributed by atoms with Gasteiger partial charge in [0, 0.05) is 6.54 Å². The fraction of sp³-hybridized carbons (Fsp3) is 0.250. The summed E-state index contributed by atoms with van der Waals surface area (Å²) in [4.78, 5) is 4.82. The van der Waals surface area contributed by atoms with Gasteiger partial charge in [0.15, 0.2) is 0 Å². The highest BCUT2D eigenvalue weighted by molar-refractivity contribution is 5.75. The van der Waals surface area contributed by atoms with Crippen molar-refractivity contribution in [1.29, 1.82) is 0 Å². The van der Waals surface area contributed by atoms with E-state index in [0.29, 0.717) is 13.2 Å². The predicted molar refractivity (Wildman–Crippen MR) is 130 cm³/mol. The van der Waals surface area contributed by atoms with Crippen LogP contribution in [0.2, 0.25) is 0 Å². The molecule has 0 radical (unpaired) electrons. The van der Waals surface area contributed by atoms with Crippen LogP contribution in [-0.4, -0.2) is 16.2 Å². The van der Waals surface area contributed by atoms with Crippen LogP contribution in [0.4, 0.5) is 0 Å². The molecular weight excluding hydrogens is 396 g/mol. The minimum absolute atomic E-state index is 0.434. The lowest BCUT2D eigenvalue weighted by atomic mass is 10.1. The van der Waals surface area contributed by atoms with Crippen molar-refractivity contribution in [3.05, 3.63) is 102 Å². The van der Waals surface area contributed by atoms with Crippen LogP contribution in [0.5, 0.6) is 11.5 Å². The number of allylic oxidation sites excluding steroid dienone is 1. The number of aryl methyl sites for hydroxylation is 2. The van der Waals surface area contributed by atoms with Crippen molar-refractivity contribution >= 4 is 11.0 Å². The maximum absolute atomic E-state index is 6.08. The summed E-state index contributed by atoms with van der Waals surface area (Å²) >= 11 is 0. The Hall–Kier alpha value is -3.53. The van der Waals surface area contributed by atoms with Crippen LogP contribution in [-0.2, 0) is 26.0 Å². The van der Waals surface area contributed by atoms with Crippen molar-refractivity contribution in [3.8, 4) is 11.5 Å². The maximum Gasteiger partial charge on any atom is 0.147 e. The van der Waals surface area contributed by atoms with Gasteiger partial charge in [0.05, 0.1) is 17.6 Å². The molecule has 0 aliphatic carbocycles. The third-order valence-corrected chi connectivity index (χ3v) is 5.55. The molecule has 0 amide bonds. The van der Waals surface area contributed by atoms with E-state index in [-0.39, 0.29) is 0 Å². The summed E-state index contributed by atoms with van der Waals surface area (Å²) in [5, 5.41) is 0. The Morgan fingerprint density at radius 3 is 2.53 bits per heavy atom. The maximum atomic E-state index is 6.08. The molecule has 0 spiro atoms. The third-order valence-electron chi connectivity index (χ3n) is 5.55. The zero-order valence-electron chi connectivity index (χ0n) is 18.7. The molecular formula is C28H30N2O2. The molecule has 32 heavy (non-hydrogen) atoms. The number of hydrogen-bond acceptors (Lipinski definition) is 3.